The highest BCUT2D eigenvalue weighted by molar-refractivity contribution is 7.89. The van der Waals surface area contributed by atoms with Crippen LogP contribution in [0, 0.1) is 11.8 Å². The fourth-order valence-corrected chi connectivity index (χ4v) is 5.54. The maximum absolute atomic E-state index is 13.1. The quantitative estimate of drug-likeness (QED) is 0.901. The number of hydrogen-bond donors (Lipinski definition) is 1. The van der Waals surface area contributed by atoms with E-state index in [1.807, 2.05) is 24.3 Å². The Balaban J connectivity index is 0.00000169. The van der Waals surface area contributed by atoms with Gasteiger partial charge in [0.1, 0.15) is 5.75 Å². The molecule has 0 amide bonds. The highest BCUT2D eigenvalue weighted by Crippen LogP contribution is 2.35. The third-order valence-corrected chi connectivity index (χ3v) is 6.93. The van der Waals surface area contributed by atoms with Crippen molar-refractivity contribution < 1.29 is 13.2 Å². The first-order chi connectivity index (χ1) is 11.1. The van der Waals surface area contributed by atoms with Crippen LogP contribution in [0.3, 0.4) is 0 Å². The third kappa shape index (κ3) is 2.67. The van der Waals surface area contributed by atoms with Crippen LogP contribution in [-0.4, -0.2) is 46.0 Å². The minimum absolute atomic E-state index is 0. The second-order valence-corrected chi connectivity index (χ2v) is 8.22. The van der Waals surface area contributed by atoms with Gasteiger partial charge in [-0.3, -0.25) is 0 Å². The van der Waals surface area contributed by atoms with Gasteiger partial charge in [-0.2, -0.15) is 4.31 Å². The Labute approximate surface area is 148 Å². The summed E-state index contributed by atoms with van der Waals surface area (Å²) in [5.74, 6) is 1.57. The third-order valence-electron chi connectivity index (χ3n) is 5.04. The molecule has 2 aliphatic rings. The van der Waals surface area contributed by atoms with Crippen LogP contribution in [0.2, 0.25) is 0 Å². The van der Waals surface area contributed by atoms with Crippen molar-refractivity contribution in [1.82, 2.24) is 9.62 Å². The molecule has 0 aromatic heterocycles. The monoisotopic (exact) mass is 368 g/mol. The first kappa shape index (κ1) is 17.5. The Morgan fingerprint density at radius 2 is 1.67 bits per heavy atom. The standard InChI is InChI=1S/C17H20N2O3S.ClH/c1-22-16-6-7-17(15-5-3-2-4-14(15)16)23(20,21)19-10-12-8-18-9-13(12)11-19;/h2-7,12-13,18H,8-11H2,1H3;1H/t12-,13+;. The Morgan fingerprint density at radius 1 is 1.04 bits per heavy atom. The molecular weight excluding hydrogens is 348 g/mol. The van der Waals surface area contributed by atoms with Crippen LogP contribution >= 0.6 is 12.4 Å². The van der Waals surface area contributed by atoms with Crippen molar-refractivity contribution in [2.45, 2.75) is 4.90 Å². The molecule has 4 rings (SSSR count). The minimum atomic E-state index is -3.48. The van der Waals surface area contributed by atoms with E-state index in [2.05, 4.69) is 5.32 Å². The molecule has 24 heavy (non-hydrogen) atoms. The molecule has 5 nitrogen and oxygen atoms in total. The van der Waals surface area contributed by atoms with E-state index in [4.69, 9.17) is 4.74 Å². The second kappa shape index (κ2) is 6.52. The second-order valence-electron chi connectivity index (χ2n) is 6.31. The van der Waals surface area contributed by atoms with Gasteiger partial charge in [0.2, 0.25) is 10.0 Å². The summed E-state index contributed by atoms with van der Waals surface area (Å²) in [5, 5.41) is 4.90. The van der Waals surface area contributed by atoms with Crippen molar-refractivity contribution in [2.24, 2.45) is 11.8 Å². The fraction of sp³-hybridized carbons (Fsp3) is 0.412. The number of nitrogens with one attached hydrogen (secondary N) is 1. The van der Waals surface area contributed by atoms with E-state index < -0.39 is 10.0 Å². The molecule has 7 heteroatoms. The van der Waals surface area contributed by atoms with E-state index in [0.29, 0.717) is 35.6 Å². The van der Waals surface area contributed by atoms with E-state index in [-0.39, 0.29) is 12.4 Å². The first-order valence-electron chi connectivity index (χ1n) is 7.88. The van der Waals surface area contributed by atoms with Crippen LogP contribution < -0.4 is 10.1 Å². The number of halogens is 1. The average Bonchev–Trinajstić information content (AvgIpc) is 3.15. The van der Waals surface area contributed by atoms with E-state index in [1.165, 1.54) is 0 Å². The van der Waals surface area contributed by atoms with Crippen molar-refractivity contribution >= 4 is 33.2 Å². The smallest absolute Gasteiger partial charge is 0.243 e. The molecule has 1 N–H and O–H groups in total. The van der Waals surface area contributed by atoms with E-state index >= 15 is 0 Å². The summed E-state index contributed by atoms with van der Waals surface area (Å²) in [5.41, 5.74) is 0. The molecule has 0 unspecified atom stereocenters. The van der Waals surface area contributed by atoms with Crippen LogP contribution in [0.5, 0.6) is 5.75 Å². The lowest BCUT2D eigenvalue weighted by Gasteiger charge is -2.19. The number of sulfonamides is 1. The van der Waals surface area contributed by atoms with Gasteiger partial charge in [-0.1, -0.05) is 24.3 Å². The van der Waals surface area contributed by atoms with Gasteiger partial charge in [0.25, 0.3) is 0 Å². The summed E-state index contributed by atoms with van der Waals surface area (Å²) in [6.45, 7) is 3.06. The molecule has 0 bridgehead atoms. The van der Waals surface area contributed by atoms with Gasteiger partial charge in [-0.15, -0.1) is 12.4 Å². The minimum Gasteiger partial charge on any atom is -0.496 e. The van der Waals surface area contributed by atoms with E-state index in [1.54, 1.807) is 23.5 Å². The molecule has 2 atom stereocenters. The molecule has 2 aliphatic heterocycles. The lowest BCUT2D eigenvalue weighted by atomic mass is 10.0. The molecule has 2 saturated heterocycles. The highest BCUT2D eigenvalue weighted by Gasteiger charge is 2.41. The van der Waals surface area contributed by atoms with Crippen molar-refractivity contribution in [1.29, 1.82) is 0 Å². The molecule has 0 radical (unpaired) electrons. The summed E-state index contributed by atoms with van der Waals surface area (Å²) in [7, 11) is -1.88. The summed E-state index contributed by atoms with van der Waals surface area (Å²) in [6.07, 6.45) is 0. The van der Waals surface area contributed by atoms with Crippen molar-refractivity contribution in [3.8, 4) is 5.75 Å². The summed E-state index contributed by atoms with van der Waals surface area (Å²) >= 11 is 0. The molecule has 2 aromatic rings. The number of fused-ring (bicyclic) bond motifs is 2. The summed E-state index contributed by atoms with van der Waals surface area (Å²) < 4.78 is 33.3. The molecule has 2 heterocycles. The maximum atomic E-state index is 13.1. The normalized spacial score (nSPS) is 23.9. The van der Waals surface area contributed by atoms with Crippen LogP contribution in [0.15, 0.2) is 41.3 Å². The van der Waals surface area contributed by atoms with E-state index in [0.717, 1.165) is 23.9 Å². The molecular formula is C17H21ClN2O3S. The van der Waals surface area contributed by atoms with E-state index in [9.17, 15) is 8.42 Å². The lowest BCUT2D eigenvalue weighted by molar-refractivity contribution is 0.419. The molecule has 0 saturated carbocycles. The number of methoxy groups -OCH3 is 1. The molecule has 2 fully saturated rings. The first-order valence-corrected chi connectivity index (χ1v) is 9.32. The van der Waals surface area contributed by atoms with Gasteiger partial charge in [-0.25, -0.2) is 8.42 Å². The van der Waals surface area contributed by atoms with Crippen LogP contribution in [0.1, 0.15) is 0 Å². The topological polar surface area (TPSA) is 58.6 Å². The van der Waals surface area contributed by atoms with Gasteiger partial charge in [0, 0.05) is 23.9 Å². The number of benzene rings is 2. The fourth-order valence-electron chi connectivity index (χ4n) is 3.79. The zero-order valence-electron chi connectivity index (χ0n) is 13.4. The highest BCUT2D eigenvalue weighted by atomic mass is 35.5. The Morgan fingerprint density at radius 3 is 2.29 bits per heavy atom. The van der Waals surface area contributed by atoms with Gasteiger partial charge in [0.15, 0.2) is 0 Å². The number of hydrogen-bond acceptors (Lipinski definition) is 4. The Hall–Kier alpha value is -1.34. The van der Waals surface area contributed by atoms with Gasteiger partial charge >= 0.3 is 0 Å². The van der Waals surface area contributed by atoms with Crippen LogP contribution in [-0.2, 0) is 10.0 Å². The maximum Gasteiger partial charge on any atom is 0.243 e. The summed E-state index contributed by atoms with van der Waals surface area (Å²) in [6, 6.07) is 10.9. The van der Waals surface area contributed by atoms with Crippen LogP contribution in [0.25, 0.3) is 10.8 Å². The van der Waals surface area contributed by atoms with Gasteiger partial charge in [0.05, 0.1) is 12.0 Å². The van der Waals surface area contributed by atoms with Gasteiger partial charge in [-0.05, 0) is 37.1 Å². The zero-order chi connectivity index (χ0) is 16.0. The number of nitrogens with zero attached hydrogens (tertiary/aromatic N) is 1. The summed E-state index contributed by atoms with van der Waals surface area (Å²) in [4.78, 5) is 0.377. The molecule has 0 aliphatic carbocycles. The predicted molar refractivity (Wildman–Crippen MR) is 96.4 cm³/mol. The van der Waals surface area contributed by atoms with Crippen molar-refractivity contribution in [3.63, 3.8) is 0 Å². The Bertz CT molecular complexity index is 844. The van der Waals surface area contributed by atoms with Crippen molar-refractivity contribution in [2.75, 3.05) is 33.3 Å². The lowest BCUT2D eigenvalue weighted by Crippen LogP contribution is -2.32. The predicted octanol–water partition coefficient (Wildman–Crippen LogP) is 2.11. The molecule has 130 valence electrons. The number of ether oxygens (including phenoxy) is 1. The Kier molecular flexibility index (Phi) is 4.75. The van der Waals surface area contributed by atoms with Crippen molar-refractivity contribution in [3.05, 3.63) is 36.4 Å². The van der Waals surface area contributed by atoms with Gasteiger partial charge < -0.3 is 10.1 Å². The molecule has 0 spiro atoms. The molecule has 2 aromatic carbocycles. The number of rotatable bonds is 3. The largest absolute Gasteiger partial charge is 0.496 e. The SMILES string of the molecule is COc1ccc(S(=O)(=O)N2C[C@H]3CNC[C@H]3C2)c2ccccc12.Cl. The average molecular weight is 369 g/mol. The van der Waals surface area contributed by atoms with Crippen LogP contribution in [0.4, 0.5) is 0 Å². The zero-order valence-corrected chi connectivity index (χ0v) is 15.1.